The summed E-state index contributed by atoms with van der Waals surface area (Å²) in [6.07, 6.45) is 3.47. The molecule has 5 heteroatoms. The second-order valence-electron chi connectivity index (χ2n) is 4.64. The van der Waals surface area contributed by atoms with Gasteiger partial charge in [0, 0.05) is 35.0 Å². The minimum atomic E-state index is 0.349. The van der Waals surface area contributed by atoms with Crippen molar-refractivity contribution in [2.24, 2.45) is 0 Å². The quantitative estimate of drug-likeness (QED) is 0.918. The number of nitrogens with two attached hydrogens (primary N) is 1. The minimum absolute atomic E-state index is 0.349. The fraction of sp³-hybridized carbons (Fsp3) is 0.462. The van der Waals surface area contributed by atoms with Gasteiger partial charge in [0.05, 0.1) is 11.1 Å². The highest BCUT2D eigenvalue weighted by Crippen LogP contribution is 2.43. The van der Waals surface area contributed by atoms with Crippen LogP contribution in [0.2, 0.25) is 0 Å². The van der Waals surface area contributed by atoms with E-state index in [1.54, 1.807) is 29.8 Å². The molecule has 0 bridgehead atoms. The van der Waals surface area contributed by atoms with Gasteiger partial charge in [0.1, 0.15) is 5.01 Å². The second kappa shape index (κ2) is 4.64. The zero-order valence-corrected chi connectivity index (χ0v) is 12.2. The number of aryl methyl sites for hydroxylation is 1. The second-order valence-corrected chi connectivity index (χ2v) is 6.63. The molecule has 0 fully saturated rings. The van der Waals surface area contributed by atoms with E-state index in [1.165, 1.54) is 16.0 Å². The van der Waals surface area contributed by atoms with Gasteiger partial charge in [-0.25, -0.2) is 4.98 Å². The lowest BCUT2D eigenvalue weighted by atomic mass is 9.93. The average molecular weight is 280 g/mol. The number of nitrogens with zero attached hydrogens (tertiary/aromatic N) is 1. The molecule has 0 amide bonds. The molecule has 1 unspecified atom stereocenters. The van der Waals surface area contributed by atoms with E-state index in [1.807, 2.05) is 6.92 Å². The fourth-order valence-electron chi connectivity index (χ4n) is 2.48. The maximum atomic E-state index is 6.19. The zero-order chi connectivity index (χ0) is 12.7. The number of thiazole rings is 1. The summed E-state index contributed by atoms with van der Waals surface area (Å²) in [4.78, 5) is 5.96. The van der Waals surface area contributed by atoms with Gasteiger partial charge in [0.15, 0.2) is 0 Å². The molecule has 96 valence electrons. The number of methoxy groups -OCH3 is 1. The summed E-state index contributed by atoms with van der Waals surface area (Å²) in [5.41, 5.74) is 9.85. The molecule has 3 rings (SSSR count). The first-order chi connectivity index (χ1) is 8.69. The van der Waals surface area contributed by atoms with E-state index in [9.17, 15) is 0 Å². The molecule has 0 radical (unpaired) electrons. The molecule has 0 saturated heterocycles. The SMILES string of the molecule is COC1CCc2c(sc(N)c2-c2nc(C)cs2)C1. The predicted molar refractivity (Wildman–Crippen MR) is 77.4 cm³/mol. The van der Waals surface area contributed by atoms with E-state index < -0.39 is 0 Å². The summed E-state index contributed by atoms with van der Waals surface area (Å²) in [6, 6.07) is 0. The van der Waals surface area contributed by atoms with Gasteiger partial charge in [-0.2, -0.15) is 0 Å². The minimum Gasteiger partial charge on any atom is -0.390 e. The molecule has 2 heterocycles. The van der Waals surface area contributed by atoms with E-state index in [0.29, 0.717) is 6.10 Å². The van der Waals surface area contributed by atoms with Crippen molar-refractivity contribution in [3.63, 3.8) is 0 Å². The maximum Gasteiger partial charge on any atom is 0.126 e. The van der Waals surface area contributed by atoms with Gasteiger partial charge < -0.3 is 10.5 Å². The van der Waals surface area contributed by atoms with Crippen molar-refractivity contribution in [2.45, 2.75) is 32.3 Å². The summed E-state index contributed by atoms with van der Waals surface area (Å²) >= 11 is 3.39. The number of anilines is 1. The smallest absolute Gasteiger partial charge is 0.126 e. The average Bonchev–Trinajstić information content (AvgIpc) is 2.90. The van der Waals surface area contributed by atoms with E-state index in [0.717, 1.165) is 35.0 Å². The van der Waals surface area contributed by atoms with Gasteiger partial charge >= 0.3 is 0 Å². The fourth-order valence-corrected chi connectivity index (χ4v) is 4.61. The number of ether oxygens (including phenoxy) is 1. The Labute approximate surface area is 115 Å². The Morgan fingerprint density at radius 2 is 2.33 bits per heavy atom. The first kappa shape index (κ1) is 12.1. The monoisotopic (exact) mass is 280 g/mol. The van der Waals surface area contributed by atoms with Crippen molar-refractivity contribution < 1.29 is 4.74 Å². The van der Waals surface area contributed by atoms with Crippen LogP contribution >= 0.6 is 22.7 Å². The molecule has 1 atom stereocenters. The zero-order valence-electron chi connectivity index (χ0n) is 10.5. The first-order valence-corrected chi connectivity index (χ1v) is 7.74. The Morgan fingerprint density at radius 3 is 3.00 bits per heavy atom. The Hall–Kier alpha value is -0.910. The third-order valence-corrected chi connectivity index (χ3v) is 5.47. The largest absolute Gasteiger partial charge is 0.390 e. The molecule has 3 nitrogen and oxygen atoms in total. The van der Waals surface area contributed by atoms with E-state index in [-0.39, 0.29) is 0 Å². The summed E-state index contributed by atoms with van der Waals surface area (Å²) in [5, 5.41) is 4.06. The van der Waals surface area contributed by atoms with Gasteiger partial charge in [-0.05, 0) is 25.3 Å². The van der Waals surface area contributed by atoms with Crippen LogP contribution in [0.4, 0.5) is 5.00 Å². The number of nitrogen functional groups attached to an aromatic ring is 1. The number of thiophene rings is 1. The molecule has 0 spiro atoms. The molecule has 0 aliphatic heterocycles. The van der Waals surface area contributed by atoms with Crippen molar-refractivity contribution in [1.29, 1.82) is 0 Å². The number of fused-ring (bicyclic) bond motifs is 1. The van der Waals surface area contributed by atoms with E-state index in [2.05, 4.69) is 10.4 Å². The highest BCUT2D eigenvalue weighted by Gasteiger charge is 2.26. The van der Waals surface area contributed by atoms with E-state index >= 15 is 0 Å². The van der Waals surface area contributed by atoms with Crippen molar-refractivity contribution >= 4 is 27.7 Å². The van der Waals surface area contributed by atoms with Crippen LogP contribution in [0.3, 0.4) is 0 Å². The Kier molecular flexibility index (Phi) is 3.13. The summed E-state index contributed by atoms with van der Waals surface area (Å²) in [7, 11) is 1.79. The van der Waals surface area contributed by atoms with Crippen LogP contribution in [0.5, 0.6) is 0 Å². The third-order valence-electron chi connectivity index (χ3n) is 3.41. The highest BCUT2D eigenvalue weighted by molar-refractivity contribution is 7.18. The molecule has 1 aliphatic carbocycles. The van der Waals surface area contributed by atoms with Crippen molar-refractivity contribution in [1.82, 2.24) is 4.98 Å². The summed E-state index contributed by atoms with van der Waals surface area (Å²) in [6.45, 7) is 2.02. The maximum absolute atomic E-state index is 6.19. The highest BCUT2D eigenvalue weighted by atomic mass is 32.1. The lowest BCUT2D eigenvalue weighted by Crippen LogP contribution is -2.19. The number of hydrogen-bond acceptors (Lipinski definition) is 5. The standard InChI is InChI=1S/C13H16N2OS2/c1-7-6-17-13(15-7)11-9-4-3-8(16-2)5-10(9)18-12(11)14/h6,8H,3-5,14H2,1-2H3. The van der Waals surface area contributed by atoms with Crippen LogP contribution < -0.4 is 5.73 Å². The van der Waals surface area contributed by atoms with Crippen LogP contribution in [-0.2, 0) is 17.6 Å². The van der Waals surface area contributed by atoms with Gasteiger partial charge in [-0.15, -0.1) is 22.7 Å². The van der Waals surface area contributed by atoms with Crippen LogP contribution in [0.1, 0.15) is 22.6 Å². The molecular weight excluding hydrogens is 264 g/mol. The predicted octanol–water partition coefficient (Wildman–Crippen LogP) is 3.27. The van der Waals surface area contributed by atoms with Crippen LogP contribution in [0.25, 0.3) is 10.6 Å². The Morgan fingerprint density at radius 1 is 1.50 bits per heavy atom. The molecule has 0 aromatic carbocycles. The number of aromatic nitrogens is 1. The van der Waals surface area contributed by atoms with Gasteiger partial charge in [0.25, 0.3) is 0 Å². The first-order valence-electron chi connectivity index (χ1n) is 6.04. The van der Waals surface area contributed by atoms with Gasteiger partial charge in [0.2, 0.25) is 0 Å². The van der Waals surface area contributed by atoms with Crippen LogP contribution in [0.15, 0.2) is 5.38 Å². The normalized spacial score (nSPS) is 18.9. The third kappa shape index (κ3) is 1.96. The topological polar surface area (TPSA) is 48.1 Å². The van der Waals surface area contributed by atoms with Crippen LogP contribution in [0, 0.1) is 6.92 Å². The molecule has 18 heavy (non-hydrogen) atoms. The Balaban J connectivity index is 2.04. The molecular formula is C13H16N2OS2. The molecule has 2 N–H and O–H groups in total. The van der Waals surface area contributed by atoms with Gasteiger partial charge in [-0.3, -0.25) is 0 Å². The number of hydrogen-bond donors (Lipinski definition) is 1. The van der Waals surface area contributed by atoms with Gasteiger partial charge in [-0.1, -0.05) is 0 Å². The van der Waals surface area contributed by atoms with Crippen molar-refractivity contribution in [3.8, 4) is 10.6 Å². The van der Waals surface area contributed by atoms with E-state index in [4.69, 9.17) is 10.5 Å². The molecule has 2 aromatic rings. The van der Waals surface area contributed by atoms with Crippen LogP contribution in [-0.4, -0.2) is 18.2 Å². The Bertz CT molecular complexity index is 574. The lowest BCUT2D eigenvalue weighted by molar-refractivity contribution is 0.0921. The summed E-state index contributed by atoms with van der Waals surface area (Å²) < 4.78 is 5.46. The molecule has 2 aromatic heterocycles. The molecule has 0 saturated carbocycles. The molecule has 1 aliphatic rings. The lowest BCUT2D eigenvalue weighted by Gasteiger charge is -2.21. The van der Waals surface area contributed by atoms with Crippen molar-refractivity contribution in [2.75, 3.05) is 12.8 Å². The summed E-state index contributed by atoms with van der Waals surface area (Å²) in [5.74, 6) is 0. The number of rotatable bonds is 2. The van der Waals surface area contributed by atoms with Crippen molar-refractivity contribution in [3.05, 3.63) is 21.5 Å².